The Morgan fingerprint density at radius 3 is 2.41 bits per heavy atom. The molecule has 230 valence electrons. The van der Waals surface area contributed by atoms with Crippen LogP contribution in [0.25, 0.3) is 44.4 Å². The number of hydrogen-bond donors (Lipinski definition) is 0. The summed E-state index contributed by atoms with van der Waals surface area (Å²) in [5, 5.41) is 6.76. The van der Waals surface area contributed by atoms with Gasteiger partial charge in [-0.25, -0.2) is 14.1 Å². The quantitative estimate of drug-likeness (QED) is 0.153. The van der Waals surface area contributed by atoms with Crippen molar-refractivity contribution in [2.75, 3.05) is 0 Å². The Kier molecular flexibility index (Phi) is 7.87. The van der Waals surface area contributed by atoms with Crippen molar-refractivity contribution in [3.8, 4) is 34.1 Å². The van der Waals surface area contributed by atoms with Crippen LogP contribution < -0.4 is 4.74 Å². The van der Waals surface area contributed by atoms with Gasteiger partial charge in [-0.2, -0.15) is 5.10 Å². The first-order valence-electron chi connectivity index (χ1n) is 16.0. The first-order chi connectivity index (χ1) is 22.4. The van der Waals surface area contributed by atoms with Crippen molar-refractivity contribution < 1.29 is 9.13 Å². The molecule has 0 amide bonds. The van der Waals surface area contributed by atoms with Crippen molar-refractivity contribution >= 4 is 21.8 Å². The lowest BCUT2D eigenvalue weighted by molar-refractivity contribution is 0.482. The number of ether oxygens (including phenoxy) is 1. The van der Waals surface area contributed by atoms with Crippen LogP contribution in [-0.4, -0.2) is 19.3 Å². The Morgan fingerprint density at radius 2 is 1.61 bits per heavy atom. The Bertz CT molecular complexity index is 2200. The molecule has 0 saturated heterocycles. The first kappa shape index (κ1) is 29.5. The molecule has 0 saturated carbocycles. The fourth-order valence-electron chi connectivity index (χ4n) is 6.53. The van der Waals surface area contributed by atoms with Crippen molar-refractivity contribution in [2.45, 2.75) is 53.4 Å². The van der Waals surface area contributed by atoms with Crippen LogP contribution in [0.1, 0.15) is 48.7 Å². The summed E-state index contributed by atoms with van der Waals surface area (Å²) in [7, 11) is 0. The third kappa shape index (κ3) is 5.56. The summed E-state index contributed by atoms with van der Waals surface area (Å²) in [6.45, 7) is 8.46. The molecule has 0 radical (unpaired) electrons. The van der Waals surface area contributed by atoms with Crippen LogP contribution in [0.4, 0.5) is 4.39 Å². The lowest BCUT2D eigenvalue weighted by Gasteiger charge is -2.13. The second kappa shape index (κ2) is 12.3. The molecule has 0 aliphatic carbocycles. The zero-order valence-electron chi connectivity index (χ0n) is 26.7. The number of nitrogens with zero attached hydrogens (tertiary/aromatic N) is 4. The molecular weight excluding hydrogens is 571 g/mol. The van der Waals surface area contributed by atoms with Gasteiger partial charge in [-0.15, -0.1) is 0 Å². The minimum atomic E-state index is -0.268. The Labute approximate surface area is 268 Å². The largest absolute Gasteiger partial charge is 0.457 e. The molecule has 0 aliphatic heterocycles. The maximum atomic E-state index is 14.4. The van der Waals surface area contributed by atoms with Crippen molar-refractivity contribution in [3.05, 3.63) is 132 Å². The molecule has 7 rings (SSSR count). The summed E-state index contributed by atoms with van der Waals surface area (Å²) in [4.78, 5) is 4.67. The summed E-state index contributed by atoms with van der Waals surface area (Å²) in [5.74, 6) is 1.96. The molecule has 0 unspecified atom stereocenters. The molecular formula is C40H37FN4O. The summed E-state index contributed by atoms with van der Waals surface area (Å²) in [6, 6.07) is 31.8. The van der Waals surface area contributed by atoms with Crippen molar-refractivity contribution in [2.24, 2.45) is 0 Å². The maximum absolute atomic E-state index is 14.4. The minimum absolute atomic E-state index is 0.268. The number of unbranched alkanes of at least 4 members (excludes halogenated alkanes) is 2. The van der Waals surface area contributed by atoms with Gasteiger partial charge in [0.05, 0.1) is 22.4 Å². The number of hydrogen-bond acceptors (Lipinski definition) is 3. The van der Waals surface area contributed by atoms with Crippen LogP contribution in [0.2, 0.25) is 0 Å². The molecule has 3 heterocycles. The van der Waals surface area contributed by atoms with Gasteiger partial charge in [0.25, 0.3) is 0 Å². The van der Waals surface area contributed by atoms with Crippen molar-refractivity contribution in [1.82, 2.24) is 19.3 Å². The number of halogens is 1. The molecule has 4 aromatic carbocycles. The first-order valence-corrected chi connectivity index (χ1v) is 16.0. The van der Waals surface area contributed by atoms with E-state index in [0.717, 1.165) is 86.4 Å². The third-order valence-corrected chi connectivity index (χ3v) is 8.68. The highest BCUT2D eigenvalue weighted by molar-refractivity contribution is 6.09. The SMILES string of the molecule is CCCCCc1cc(Oc2ccc3c4cc(F)ccc4n(-c4cc(C)ccn4)c3c2)cc(-n2nc(C)c(-c3ccccc3)c2C)c1. The van der Waals surface area contributed by atoms with Crippen molar-refractivity contribution in [1.29, 1.82) is 0 Å². The van der Waals surface area contributed by atoms with Crippen LogP contribution in [-0.2, 0) is 6.42 Å². The van der Waals surface area contributed by atoms with E-state index in [-0.39, 0.29) is 5.82 Å². The predicted octanol–water partition coefficient (Wildman–Crippen LogP) is 10.6. The van der Waals surface area contributed by atoms with Gasteiger partial charge in [0.2, 0.25) is 0 Å². The van der Waals surface area contributed by atoms with Crippen LogP contribution in [0.15, 0.2) is 103 Å². The lowest BCUT2D eigenvalue weighted by atomic mass is 10.0. The topological polar surface area (TPSA) is 44.9 Å². The summed E-state index contributed by atoms with van der Waals surface area (Å²) < 4.78 is 25.2. The van der Waals surface area contributed by atoms with Gasteiger partial charge in [-0.3, -0.25) is 4.57 Å². The van der Waals surface area contributed by atoms with Gasteiger partial charge in [0.1, 0.15) is 23.1 Å². The molecule has 0 aliphatic rings. The van der Waals surface area contributed by atoms with E-state index in [2.05, 4.69) is 72.8 Å². The molecule has 0 bridgehead atoms. The van der Waals surface area contributed by atoms with Gasteiger partial charge in [0, 0.05) is 40.4 Å². The Morgan fingerprint density at radius 1 is 0.761 bits per heavy atom. The molecule has 46 heavy (non-hydrogen) atoms. The lowest BCUT2D eigenvalue weighted by Crippen LogP contribution is -2.02. The monoisotopic (exact) mass is 608 g/mol. The number of fused-ring (bicyclic) bond motifs is 3. The molecule has 7 aromatic rings. The highest BCUT2D eigenvalue weighted by atomic mass is 19.1. The number of pyridine rings is 1. The average molecular weight is 609 g/mol. The van der Waals surface area contributed by atoms with E-state index in [0.29, 0.717) is 5.75 Å². The van der Waals surface area contributed by atoms with Gasteiger partial charge in [-0.1, -0.05) is 50.1 Å². The van der Waals surface area contributed by atoms with Gasteiger partial charge >= 0.3 is 0 Å². The van der Waals surface area contributed by atoms with Crippen LogP contribution in [0.3, 0.4) is 0 Å². The molecule has 6 heteroatoms. The highest BCUT2D eigenvalue weighted by Crippen LogP contribution is 2.37. The second-order valence-corrected chi connectivity index (χ2v) is 12.1. The molecule has 5 nitrogen and oxygen atoms in total. The van der Waals surface area contributed by atoms with E-state index >= 15 is 0 Å². The van der Waals surface area contributed by atoms with E-state index in [1.165, 1.54) is 18.1 Å². The van der Waals surface area contributed by atoms with E-state index in [1.54, 1.807) is 12.3 Å². The number of aromatic nitrogens is 4. The fourth-order valence-corrected chi connectivity index (χ4v) is 6.53. The molecule has 0 N–H and O–H groups in total. The van der Waals surface area contributed by atoms with Crippen LogP contribution >= 0.6 is 0 Å². The standard InChI is InChI=1S/C40H37FN4O/c1-5-6-8-11-29-21-32(45-28(4)40(27(3)43-45)30-12-9-7-10-13-30)24-34(22-29)46-33-15-16-35-36-23-31(41)14-17-37(36)44(38(35)25-33)39-20-26(2)18-19-42-39/h7,9-10,12-25H,5-6,8,11H2,1-4H3. The summed E-state index contributed by atoms with van der Waals surface area (Å²) in [6.07, 6.45) is 6.21. The molecule has 3 aromatic heterocycles. The zero-order valence-corrected chi connectivity index (χ0v) is 26.7. The molecule has 0 fully saturated rings. The number of benzene rings is 4. The predicted molar refractivity (Wildman–Crippen MR) is 185 cm³/mol. The normalized spacial score (nSPS) is 11.5. The summed E-state index contributed by atoms with van der Waals surface area (Å²) >= 11 is 0. The third-order valence-electron chi connectivity index (χ3n) is 8.68. The summed E-state index contributed by atoms with van der Waals surface area (Å²) in [5.41, 5.74) is 9.47. The van der Waals surface area contributed by atoms with Gasteiger partial charge in [0.15, 0.2) is 0 Å². The van der Waals surface area contributed by atoms with E-state index in [1.807, 2.05) is 54.1 Å². The molecule has 0 atom stereocenters. The fraction of sp³-hybridized carbons (Fsp3) is 0.200. The number of aryl methyl sites for hydroxylation is 3. The van der Waals surface area contributed by atoms with Crippen LogP contribution in [0.5, 0.6) is 11.5 Å². The Balaban J connectivity index is 1.33. The van der Waals surface area contributed by atoms with Crippen molar-refractivity contribution in [3.63, 3.8) is 0 Å². The zero-order chi connectivity index (χ0) is 31.8. The minimum Gasteiger partial charge on any atom is -0.457 e. The maximum Gasteiger partial charge on any atom is 0.137 e. The second-order valence-electron chi connectivity index (χ2n) is 12.1. The van der Waals surface area contributed by atoms with Crippen LogP contribution in [0, 0.1) is 26.6 Å². The smallest absolute Gasteiger partial charge is 0.137 e. The van der Waals surface area contributed by atoms with E-state index < -0.39 is 0 Å². The highest BCUT2D eigenvalue weighted by Gasteiger charge is 2.18. The van der Waals surface area contributed by atoms with E-state index in [9.17, 15) is 4.39 Å². The van der Waals surface area contributed by atoms with Gasteiger partial charge in [-0.05, 0) is 105 Å². The van der Waals surface area contributed by atoms with E-state index in [4.69, 9.17) is 9.84 Å². The Hall–Kier alpha value is -5.23. The molecule has 0 spiro atoms. The average Bonchev–Trinajstić information content (AvgIpc) is 3.53. The number of rotatable bonds is 9. The van der Waals surface area contributed by atoms with Gasteiger partial charge < -0.3 is 4.74 Å².